The Morgan fingerprint density at radius 2 is 2.30 bits per heavy atom. The molecule has 1 aliphatic heterocycles. The van der Waals surface area contributed by atoms with Crippen molar-refractivity contribution < 1.29 is 4.74 Å². The van der Waals surface area contributed by atoms with Crippen molar-refractivity contribution in [1.29, 1.82) is 0 Å². The first-order valence-corrected chi connectivity index (χ1v) is 7.73. The summed E-state index contributed by atoms with van der Waals surface area (Å²) in [5, 5.41) is 3.68. The van der Waals surface area contributed by atoms with E-state index in [1.54, 1.807) is 13.3 Å². The van der Waals surface area contributed by atoms with Gasteiger partial charge < -0.3 is 10.1 Å². The highest BCUT2D eigenvalue weighted by atomic mass is 16.5. The van der Waals surface area contributed by atoms with E-state index in [1.165, 1.54) is 24.8 Å². The Balaban J connectivity index is 2.07. The summed E-state index contributed by atoms with van der Waals surface area (Å²) in [6.45, 7) is 7.65. The maximum absolute atomic E-state index is 5.38. The Bertz CT molecular complexity index is 410. The van der Waals surface area contributed by atoms with Crippen molar-refractivity contribution in [3.8, 4) is 5.88 Å². The van der Waals surface area contributed by atoms with Crippen LogP contribution in [0.4, 0.5) is 0 Å². The third kappa shape index (κ3) is 3.70. The molecule has 0 saturated carbocycles. The largest absolute Gasteiger partial charge is 0.481 e. The molecule has 0 bridgehead atoms. The average Bonchev–Trinajstić information content (AvgIpc) is 2.48. The Morgan fingerprint density at radius 1 is 1.45 bits per heavy atom. The summed E-state index contributed by atoms with van der Waals surface area (Å²) in [5.41, 5.74) is 1.19. The van der Waals surface area contributed by atoms with Crippen LogP contribution in [0.3, 0.4) is 0 Å². The molecule has 0 aromatic carbocycles. The molecule has 2 atom stereocenters. The summed E-state index contributed by atoms with van der Waals surface area (Å²) in [5.74, 6) is 0.757. The van der Waals surface area contributed by atoms with Crippen molar-refractivity contribution in [3.63, 3.8) is 0 Å². The maximum Gasteiger partial charge on any atom is 0.217 e. The summed E-state index contributed by atoms with van der Waals surface area (Å²) in [4.78, 5) is 6.88. The van der Waals surface area contributed by atoms with E-state index in [0.29, 0.717) is 12.1 Å². The van der Waals surface area contributed by atoms with E-state index >= 15 is 0 Å². The highest BCUT2D eigenvalue weighted by molar-refractivity contribution is 5.25. The van der Waals surface area contributed by atoms with E-state index < -0.39 is 0 Å². The predicted octanol–water partition coefficient (Wildman–Crippen LogP) is 2.44. The molecule has 1 aliphatic rings. The molecular formula is C16H27N3O. The molecule has 0 amide bonds. The molecule has 1 saturated heterocycles. The number of nitrogens with one attached hydrogen (secondary N) is 1. The summed E-state index contributed by atoms with van der Waals surface area (Å²) >= 11 is 0. The minimum absolute atomic E-state index is 0.605. The van der Waals surface area contributed by atoms with Crippen LogP contribution in [-0.4, -0.2) is 42.2 Å². The van der Waals surface area contributed by atoms with Crippen LogP contribution in [0.15, 0.2) is 18.3 Å². The summed E-state index contributed by atoms with van der Waals surface area (Å²) in [7, 11) is 1.70. The summed E-state index contributed by atoms with van der Waals surface area (Å²) in [6.07, 6.45) is 5.45. The highest BCUT2D eigenvalue weighted by Gasteiger charge is 2.26. The molecule has 1 aromatic heterocycles. The lowest BCUT2D eigenvalue weighted by atomic mass is 10.0. The van der Waals surface area contributed by atoms with Crippen molar-refractivity contribution >= 4 is 0 Å². The zero-order valence-electron chi connectivity index (χ0n) is 12.9. The second-order valence-electron chi connectivity index (χ2n) is 5.56. The lowest BCUT2D eigenvalue weighted by Crippen LogP contribution is -2.55. The van der Waals surface area contributed by atoms with E-state index in [9.17, 15) is 0 Å². The maximum atomic E-state index is 5.38. The smallest absolute Gasteiger partial charge is 0.217 e. The first kappa shape index (κ1) is 15.3. The van der Waals surface area contributed by atoms with Gasteiger partial charge in [0.05, 0.1) is 7.11 Å². The van der Waals surface area contributed by atoms with Crippen molar-refractivity contribution in [3.05, 3.63) is 23.9 Å². The molecule has 0 aliphatic carbocycles. The standard InChI is InChI=1S/C16H27N3O/c1-4-7-14-12-19(15(5-2)10-18-14)11-13-8-6-9-17-16(13)20-3/h6,8-9,14-15,18H,4-5,7,10-12H2,1-3H3. The zero-order chi connectivity index (χ0) is 14.4. The van der Waals surface area contributed by atoms with Gasteiger partial charge in [-0.05, 0) is 18.9 Å². The number of rotatable bonds is 6. The molecule has 2 heterocycles. The highest BCUT2D eigenvalue weighted by Crippen LogP contribution is 2.21. The van der Waals surface area contributed by atoms with E-state index in [-0.39, 0.29) is 0 Å². The minimum Gasteiger partial charge on any atom is -0.481 e. The molecule has 20 heavy (non-hydrogen) atoms. The number of hydrogen-bond donors (Lipinski definition) is 1. The Morgan fingerprint density at radius 3 is 3.00 bits per heavy atom. The average molecular weight is 277 g/mol. The second-order valence-corrected chi connectivity index (χ2v) is 5.56. The molecule has 1 aromatic rings. The van der Waals surface area contributed by atoms with Gasteiger partial charge in [0.15, 0.2) is 0 Å². The van der Waals surface area contributed by atoms with Crippen molar-refractivity contribution in [2.24, 2.45) is 0 Å². The number of ether oxygens (including phenoxy) is 1. The number of aromatic nitrogens is 1. The van der Waals surface area contributed by atoms with Crippen molar-refractivity contribution in [1.82, 2.24) is 15.2 Å². The van der Waals surface area contributed by atoms with Gasteiger partial charge >= 0.3 is 0 Å². The van der Waals surface area contributed by atoms with Crippen molar-refractivity contribution in [2.45, 2.75) is 51.7 Å². The number of nitrogens with zero attached hydrogens (tertiary/aromatic N) is 2. The van der Waals surface area contributed by atoms with Crippen LogP contribution < -0.4 is 10.1 Å². The predicted molar refractivity (Wildman–Crippen MR) is 82.0 cm³/mol. The Labute approximate surface area is 122 Å². The van der Waals surface area contributed by atoms with Gasteiger partial charge in [-0.3, -0.25) is 4.90 Å². The fraction of sp³-hybridized carbons (Fsp3) is 0.688. The van der Waals surface area contributed by atoms with Gasteiger partial charge in [-0.25, -0.2) is 4.98 Å². The SMILES string of the molecule is CCCC1CN(Cc2cccnc2OC)C(CC)CN1. The normalized spacial score (nSPS) is 23.8. The number of pyridine rings is 1. The lowest BCUT2D eigenvalue weighted by molar-refractivity contribution is 0.114. The van der Waals surface area contributed by atoms with E-state index in [0.717, 1.165) is 25.5 Å². The minimum atomic E-state index is 0.605. The van der Waals surface area contributed by atoms with Crippen LogP contribution in [0.2, 0.25) is 0 Å². The zero-order valence-corrected chi connectivity index (χ0v) is 12.9. The lowest BCUT2D eigenvalue weighted by Gasteiger charge is -2.40. The van der Waals surface area contributed by atoms with Crippen molar-refractivity contribution in [2.75, 3.05) is 20.2 Å². The molecular weight excluding hydrogens is 250 g/mol. The first-order chi connectivity index (χ1) is 9.78. The fourth-order valence-corrected chi connectivity index (χ4v) is 3.01. The van der Waals surface area contributed by atoms with Gasteiger partial charge in [0, 0.05) is 43.5 Å². The van der Waals surface area contributed by atoms with Crippen LogP contribution in [0.1, 0.15) is 38.7 Å². The molecule has 1 N–H and O–H groups in total. The Hall–Kier alpha value is -1.13. The molecule has 0 radical (unpaired) electrons. The van der Waals surface area contributed by atoms with E-state index in [2.05, 4.69) is 35.1 Å². The van der Waals surface area contributed by atoms with Crippen LogP contribution >= 0.6 is 0 Å². The topological polar surface area (TPSA) is 37.4 Å². The van der Waals surface area contributed by atoms with E-state index in [4.69, 9.17) is 4.74 Å². The van der Waals surface area contributed by atoms with Gasteiger partial charge in [-0.1, -0.05) is 26.3 Å². The van der Waals surface area contributed by atoms with Gasteiger partial charge in [0.1, 0.15) is 0 Å². The van der Waals surface area contributed by atoms with Crippen LogP contribution in [0, 0.1) is 0 Å². The molecule has 112 valence electrons. The van der Waals surface area contributed by atoms with Crippen LogP contribution in [0.25, 0.3) is 0 Å². The second kappa shape index (κ2) is 7.60. The van der Waals surface area contributed by atoms with Gasteiger partial charge in [-0.15, -0.1) is 0 Å². The first-order valence-electron chi connectivity index (χ1n) is 7.73. The van der Waals surface area contributed by atoms with E-state index in [1.807, 2.05) is 6.07 Å². The number of piperazine rings is 1. The summed E-state index contributed by atoms with van der Waals surface area (Å²) < 4.78 is 5.38. The quantitative estimate of drug-likeness (QED) is 0.866. The molecule has 4 heteroatoms. The van der Waals surface area contributed by atoms with Gasteiger partial charge in [0.25, 0.3) is 0 Å². The molecule has 0 spiro atoms. The van der Waals surface area contributed by atoms with Crippen LogP contribution in [0.5, 0.6) is 5.88 Å². The molecule has 2 unspecified atom stereocenters. The summed E-state index contributed by atoms with van der Waals surface area (Å²) in [6, 6.07) is 5.33. The third-order valence-electron chi connectivity index (χ3n) is 4.14. The third-order valence-corrected chi connectivity index (χ3v) is 4.14. The fourth-order valence-electron chi connectivity index (χ4n) is 3.01. The van der Waals surface area contributed by atoms with Gasteiger partial charge in [-0.2, -0.15) is 0 Å². The Kier molecular flexibility index (Phi) is 5.80. The molecule has 4 nitrogen and oxygen atoms in total. The number of methoxy groups -OCH3 is 1. The molecule has 2 rings (SSSR count). The van der Waals surface area contributed by atoms with Crippen LogP contribution in [-0.2, 0) is 6.54 Å². The molecule has 1 fully saturated rings. The van der Waals surface area contributed by atoms with Gasteiger partial charge in [0.2, 0.25) is 5.88 Å². The monoisotopic (exact) mass is 277 g/mol. The number of hydrogen-bond acceptors (Lipinski definition) is 4.